The van der Waals surface area contributed by atoms with Gasteiger partial charge in [-0.1, -0.05) is 0 Å². The largest absolute Gasteiger partial charge is 0.370 e. The second-order valence-corrected chi connectivity index (χ2v) is 3.94. The van der Waals surface area contributed by atoms with Gasteiger partial charge in [0.25, 0.3) is 11.6 Å². The maximum Gasteiger partial charge on any atom is 0.288 e. The first-order valence-electron chi connectivity index (χ1n) is 6.09. The van der Waals surface area contributed by atoms with E-state index in [1.807, 2.05) is 6.92 Å². The SMILES string of the molecule is CCNc1ncc([N+](=O)[O-])cc1C(=O)Nc1cccnn1. The van der Waals surface area contributed by atoms with Crippen LogP contribution in [0, 0.1) is 10.1 Å². The molecule has 0 unspecified atom stereocenters. The summed E-state index contributed by atoms with van der Waals surface area (Å²) < 4.78 is 0. The quantitative estimate of drug-likeness (QED) is 0.630. The molecule has 0 radical (unpaired) electrons. The molecule has 0 aromatic carbocycles. The van der Waals surface area contributed by atoms with E-state index in [4.69, 9.17) is 0 Å². The van der Waals surface area contributed by atoms with Gasteiger partial charge in [0.15, 0.2) is 5.82 Å². The highest BCUT2D eigenvalue weighted by Gasteiger charge is 2.18. The van der Waals surface area contributed by atoms with E-state index in [-0.39, 0.29) is 22.9 Å². The van der Waals surface area contributed by atoms with Crippen LogP contribution in [-0.4, -0.2) is 32.6 Å². The van der Waals surface area contributed by atoms with Crippen molar-refractivity contribution in [1.82, 2.24) is 15.2 Å². The van der Waals surface area contributed by atoms with Gasteiger partial charge in [-0.2, -0.15) is 5.10 Å². The fourth-order valence-corrected chi connectivity index (χ4v) is 1.59. The third kappa shape index (κ3) is 3.47. The standard InChI is InChI=1S/C12H12N6O3/c1-2-13-11-9(6-8(7-14-11)18(20)21)12(19)16-10-4-3-5-15-17-10/h3-7H,2H2,1H3,(H,13,14)(H,16,17,19). The van der Waals surface area contributed by atoms with Crippen molar-refractivity contribution in [1.29, 1.82) is 0 Å². The Labute approximate surface area is 119 Å². The summed E-state index contributed by atoms with van der Waals surface area (Å²) in [5, 5.41) is 23.5. The summed E-state index contributed by atoms with van der Waals surface area (Å²) in [5.41, 5.74) is -0.197. The van der Waals surface area contributed by atoms with Crippen molar-refractivity contribution in [3.63, 3.8) is 0 Å². The lowest BCUT2D eigenvalue weighted by molar-refractivity contribution is -0.385. The molecule has 108 valence electrons. The van der Waals surface area contributed by atoms with E-state index in [0.717, 1.165) is 12.3 Å². The fraction of sp³-hybridized carbons (Fsp3) is 0.167. The highest BCUT2D eigenvalue weighted by molar-refractivity contribution is 6.07. The van der Waals surface area contributed by atoms with Crippen LogP contribution in [0.1, 0.15) is 17.3 Å². The minimum absolute atomic E-state index is 0.0664. The molecule has 2 aromatic heterocycles. The zero-order valence-electron chi connectivity index (χ0n) is 11.1. The number of hydrogen-bond acceptors (Lipinski definition) is 7. The molecule has 0 saturated heterocycles. The van der Waals surface area contributed by atoms with Crippen LogP contribution in [0.3, 0.4) is 0 Å². The van der Waals surface area contributed by atoms with Crippen molar-refractivity contribution in [2.24, 2.45) is 0 Å². The summed E-state index contributed by atoms with van der Waals surface area (Å²) >= 11 is 0. The fourth-order valence-electron chi connectivity index (χ4n) is 1.59. The van der Waals surface area contributed by atoms with E-state index < -0.39 is 10.8 Å². The number of carbonyl (C=O) groups is 1. The second-order valence-electron chi connectivity index (χ2n) is 3.94. The summed E-state index contributed by atoms with van der Waals surface area (Å²) in [6, 6.07) is 4.33. The minimum atomic E-state index is -0.609. The van der Waals surface area contributed by atoms with E-state index in [0.29, 0.717) is 6.54 Å². The Bertz CT molecular complexity index is 661. The molecule has 2 aromatic rings. The molecule has 0 fully saturated rings. The number of amides is 1. The zero-order chi connectivity index (χ0) is 15.2. The van der Waals surface area contributed by atoms with Crippen LogP contribution in [0.15, 0.2) is 30.6 Å². The topological polar surface area (TPSA) is 123 Å². The Morgan fingerprint density at radius 1 is 1.48 bits per heavy atom. The monoisotopic (exact) mass is 288 g/mol. The molecule has 0 aliphatic rings. The molecular formula is C12H12N6O3. The molecule has 2 rings (SSSR count). The van der Waals surface area contributed by atoms with Crippen molar-refractivity contribution >= 4 is 23.2 Å². The summed E-state index contributed by atoms with van der Waals surface area (Å²) in [6.45, 7) is 2.35. The van der Waals surface area contributed by atoms with Crippen LogP contribution in [0.2, 0.25) is 0 Å². The number of aromatic nitrogens is 3. The van der Waals surface area contributed by atoms with Crippen LogP contribution >= 0.6 is 0 Å². The van der Waals surface area contributed by atoms with Crippen molar-refractivity contribution in [3.8, 4) is 0 Å². The van der Waals surface area contributed by atoms with Gasteiger partial charge in [0, 0.05) is 18.8 Å². The number of rotatable bonds is 5. The molecule has 0 bridgehead atoms. The van der Waals surface area contributed by atoms with Crippen molar-refractivity contribution < 1.29 is 9.72 Å². The minimum Gasteiger partial charge on any atom is -0.370 e. The molecule has 21 heavy (non-hydrogen) atoms. The molecule has 0 spiro atoms. The Balaban J connectivity index is 2.33. The summed E-state index contributed by atoms with van der Waals surface area (Å²) in [6.07, 6.45) is 2.56. The van der Waals surface area contributed by atoms with Crippen LogP contribution in [0.5, 0.6) is 0 Å². The summed E-state index contributed by atoms with van der Waals surface area (Å²) in [4.78, 5) is 26.3. The van der Waals surface area contributed by atoms with Gasteiger partial charge in [-0.3, -0.25) is 14.9 Å². The lowest BCUT2D eigenvalue weighted by Gasteiger charge is -2.09. The van der Waals surface area contributed by atoms with Gasteiger partial charge in [-0.25, -0.2) is 4.98 Å². The number of anilines is 2. The number of nitrogens with one attached hydrogen (secondary N) is 2. The Kier molecular flexibility index (Phi) is 4.34. The smallest absolute Gasteiger partial charge is 0.288 e. The van der Waals surface area contributed by atoms with E-state index in [1.165, 1.54) is 6.20 Å². The van der Waals surface area contributed by atoms with Crippen LogP contribution in [-0.2, 0) is 0 Å². The summed E-state index contributed by atoms with van der Waals surface area (Å²) in [7, 11) is 0. The Hall–Kier alpha value is -3.10. The second kappa shape index (κ2) is 6.37. The van der Waals surface area contributed by atoms with Crippen molar-refractivity contribution in [2.45, 2.75) is 6.92 Å². The van der Waals surface area contributed by atoms with Crippen molar-refractivity contribution in [2.75, 3.05) is 17.2 Å². The average Bonchev–Trinajstić information content (AvgIpc) is 2.48. The maximum atomic E-state index is 12.2. The molecule has 0 aliphatic carbocycles. The van der Waals surface area contributed by atoms with Gasteiger partial charge in [-0.15, -0.1) is 5.10 Å². The maximum absolute atomic E-state index is 12.2. The normalized spacial score (nSPS) is 9.95. The zero-order valence-corrected chi connectivity index (χ0v) is 11.1. The van der Waals surface area contributed by atoms with Gasteiger partial charge in [0.1, 0.15) is 12.0 Å². The highest BCUT2D eigenvalue weighted by Crippen LogP contribution is 2.20. The molecule has 0 aliphatic heterocycles. The summed E-state index contributed by atoms with van der Waals surface area (Å²) in [5.74, 6) is -0.0383. The van der Waals surface area contributed by atoms with E-state index in [9.17, 15) is 14.9 Å². The molecule has 9 heteroatoms. The highest BCUT2D eigenvalue weighted by atomic mass is 16.6. The van der Waals surface area contributed by atoms with Gasteiger partial charge in [0.05, 0.1) is 10.5 Å². The average molecular weight is 288 g/mol. The third-order valence-corrected chi connectivity index (χ3v) is 2.49. The Morgan fingerprint density at radius 2 is 2.29 bits per heavy atom. The number of pyridine rings is 1. The Morgan fingerprint density at radius 3 is 2.90 bits per heavy atom. The van der Waals surface area contributed by atoms with Crippen LogP contribution in [0.25, 0.3) is 0 Å². The molecule has 0 saturated carbocycles. The predicted octanol–water partition coefficient (Wildman–Crippen LogP) is 1.46. The molecule has 2 heterocycles. The number of hydrogen-bond donors (Lipinski definition) is 2. The lowest BCUT2D eigenvalue weighted by atomic mass is 10.2. The van der Waals surface area contributed by atoms with Gasteiger partial charge < -0.3 is 10.6 Å². The van der Waals surface area contributed by atoms with Crippen LogP contribution < -0.4 is 10.6 Å². The van der Waals surface area contributed by atoms with E-state index in [1.54, 1.807) is 12.1 Å². The first-order chi connectivity index (χ1) is 10.1. The van der Waals surface area contributed by atoms with Gasteiger partial charge in [0.2, 0.25) is 0 Å². The first-order valence-corrected chi connectivity index (χ1v) is 6.09. The molecule has 2 N–H and O–H groups in total. The third-order valence-electron chi connectivity index (χ3n) is 2.49. The first kappa shape index (κ1) is 14.3. The number of nitrogens with zero attached hydrogens (tertiary/aromatic N) is 4. The predicted molar refractivity (Wildman–Crippen MR) is 75.0 cm³/mol. The molecule has 1 amide bonds. The lowest BCUT2D eigenvalue weighted by Crippen LogP contribution is -2.17. The molecular weight excluding hydrogens is 276 g/mol. The molecule has 0 atom stereocenters. The van der Waals surface area contributed by atoms with E-state index >= 15 is 0 Å². The van der Waals surface area contributed by atoms with E-state index in [2.05, 4.69) is 25.8 Å². The molecule has 9 nitrogen and oxygen atoms in total. The van der Waals surface area contributed by atoms with Gasteiger partial charge in [-0.05, 0) is 19.1 Å². The van der Waals surface area contributed by atoms with Crippen LogP contribution in [0.4, 0.5) is 17.3 Å². The number of nitro groups is 1. The number of carbonyl (C=O) groups excluding carboxylic acids is 1. The van der Waals surface area contributed by atoms with Gasteiger partial charge >= 0.3 is 0 Å². The van der Waals surface area contributed by atoms with Crippen molar-refractivity contribution in [3.05, 3.63) is 46.3 Å².